The molecule has 0 spiro atoms. The Morgan fingerprint density at radius 3 is 2.91 bits per heavy atom. The summed E-state index contributed by atoms with van der Waals surface area (Å²) in [6, 6.07) is -0.495. The third-order valence-corrected chi connectivity index (χ3v) is 3.82. The molecule has 1 aromatic heterocycles. The number of fused-ring (bicyclic) bond motifs is 1. The Kier molecular flexibility index (Phi) is 5.40. The highest BCUT2D eigenvalue weighted by Gasteiger charge is 2.45. The molecule has 0 saturated heterocycles. The van der Waals surface area contributed by atoms with Crippen molar-refractivity contribution in [1.29, 1.82) is 0 Å². The summed E-state index contributed by atoms with van der Waals surface area (Å²) in [5.74, 6) is -1.40. The molecule has 1 aliphatic heterocycles. The van der Waals surface area contributed by atoms with Crippen molar-refractivity contribution in [3.05, 3.63) is 24.3 Å². The van der Waals surface area contributed by atoms with E-state index in [1.165, 1.54) is 4.57 Å². The Balaban J connectivity index is 2.02. The fourth-order valence-corrected chi connectivity index (χ4v) is 2.54. The van der Waals surface area contributed by atoms with Crippen molar-refractivity contribution in [1.82, 2.24) is 25.4 Å². The fourth-order valence-electron chi connectivity index (χ4n) is 2.54. The van der Waals surface area contributed by atoms with Crippen molar-refractivity contribution in [3.63, 3.8) is 0 Å². The van der Waals surface area contributed by atoms with Crippen molar-refractivity contribution in [2.24, 2.45) is 0 Å². The second-order valence-corrected chi connectivity index (χ2v) is 5.50. The molecule has 9 heteroatoms. The number of halogens is 3. The molecule has 0 saturated carbocycles. The number of alkyl halides is 3. The zero-order valence-electron chi connectivity index (χ0n) is 12.9. The molecule has 6 nitrogen and oxygen atoms in total. The lowest BCUT2D eigenvalue weighted by Crippen LogP contribution is -2.42. The van der Waals surface area contributed by atoms with Crippen LogP contribution in [0.3, 0.4) is 0 Å². The molecule has 2 N–H and O–H groups in total. The third kappa shape index (κ3) is 4.10. The number of nitrogens with one attached hydrogen (secondary N) is 2. The van der Waals surface area contributed by atoms with Gasteiger partial charge in [-0.15, -0.1) is 16.8 Å². The summed E-state index contributed by atoms with van der Waals surface area (Å²) in [5.41, 5.74) is 0. The van der Waals surface area contributed by atoms with Gasteiger partial charge < -0.3 is 9.88 Å². The predicted molar refractivity (Wildman–Crippen MR) is 77.6 cm³/mol. The van der Waals surface area contributed by atoms with Crippen LogP contribution >= 0.6 is 0 Å². The third-order valence-electron chi connectivity index (χ3n) is 3.82. The molecule has 0 aromatic carbocycles. The van der Waals surface area contributed by atoms with Crippen LogP contribution in [0.4, 0.5) is 13.2 Å². The fraction of sp³-hybridized carbons (Fsp3) is 0.643. The summed E-state index contributed by atoms with van der Waals surface area (Å²) in [6.07, 6.45) is -2.28. The lowest BCUT2D eigenvalue weighted by molar-refractivity contribution is -0.156. The van der Waals surface area contributed by atoms with Gasteiger partial charge in [-0.3, -0.25) is 10.1 Å². The van der Waals surface area contributed by atoms with Gasteiger partial charge in [-0.1, -0.05) is 6.08 Å². The van der Waals surface area contributed by atoms with Crippen molar-refractivity contribution >= 4 is 5.91 Å². The normalized spacial score (nSPS) is 19.0. The molecule has 0 bridgehead atoms. The van der Waals surface area contributed by atoms with E-state index in [0.29, 0.717) is 25.3 Å². The van der Waals surface area contributed by atoms with Gasteiger partial charge in [0.15, 0.2) is 0 Å². The molecule has 0 unspecified atom stereocenters. The predicted octanol–water partition coefficient (Wildman–Crippen LogP) is 1.50. The number of carbonyl (C=O) groups excluding carboxylic acids is 1. The zero-order chi connectivity index (χ0) is 17.0. The largest absolute Gasteiger partial charge is 0.398 e. The molecule has 2 rings (SSSR count). The van der Waals surface area contributed by atoms with Crippen LogP contribution in [0, 0.1) is 0 Å². The molecule has 0 aliphatic carbocycles. The van der Waals surface area contributed by atoms with Crippen LogP contribution in [-0.2, 0) is 17.9 Å². The van der Waals surface area contributed by atoms with E-state index in [0.717, 1.165) is 0 Å². The molecule has 2 atom stereocenters. The van der Waals surface area contributed by atoms with E-state index in [9.17, 15) is 18.0 Å². The van der Waals surface area contributed by atoms with Crippen molar-refractivity contribution in [2.75, 3.05) is 6.54 Å². The van der Waals surface area contributed by atoms with Crippen LogP contribution in [0.25, 0.3) is 0 Å². The van der Waals surface area contributed by atoms with Gasteiger partial charge in [-0.25, -0.2) is 0 Å². The smallest absolute Gasteiger partial charge is 0.351 e. The van der Waals surface area contributed by atoms with Gasteiger partial charge in [0, 0.05) is 13.1 Å². The van der Waals surface area contributed by atoms with E-state index in [1.54, 1.807) is 13.0 Å². The van der Waals surface area contributed by atoms with E-state index in [1.807, 2.05) is 0 Å². The highest BCUT2D eigenvalue weighted by Crippen LogP contribution is 2.40. The number of aromatic nitrogens is 3. The van der Waals surface area contributed by atoms with Crippen LogP contribution in [-0.4, -0.2) is 39.4 Å². The number of amides is 1. The average Bonchev–Trinajstić information content (AvgIpc) is 2.92. The maximum absolute atomic E-state index is 13.0. The minimum Gasteiger partial charge on any atom is -0.351 e. The SMILES string of the molecule is C=CCNC(=O)[C@@H](C)NCc1nnc2n1CCC[C@H]2C(F)(F)F. The first kappa shape index (κ1) is 17.5. The Bertz CT molecular complexity index is 569. The van der Waals surface area contributed by atoms with Crippen LogP contribution in [0.5, 0.6) is 0 Å². The van der Waals surface area contributed by atoms with Crippen LogP contribution < -0.4 is 10.6 Å². The summed E-state index contributed by atoms with van der Waals surface area (Å²) in [5, 5.41) is 13.2. The second kappa shape index (κ2) is 7.12. The monoisotopic (exact) mass is 331 g/mol. The lowest BCUT2D eigenvalue weighted by Gasteiger charge is -2.25. The highest BCUT2D eigenvalue weighted by molar-refractivity contribution is 5.81. The highest BCUT2D eigenvalue weighted by atomic mass is 19.4. The number of hydrogen-bond acceptors (Lipinski definition) is 4. The Labute approximate surface area is 132 Å². The van der Waals surface area contributed by atoms with E-state index in [-0.39, 0.29) is 24.7 Å². The number of hydrogen-bond donors (Lipinski definition) is 2. The molecular weight excluding hydrogens is 311 g/mol. The molecule has 2 heterocycles. The summed E-state index contributed by atoms with van der Waals surface area (Å²) >= 11 is 0. The molecule has 0 radical (unpaired) electrons. The van der Waals surface area contributed by atoms with Gasteiger partial charge in [0.25, 0.3) is 0 Å². The topological polar surface area (TPSA) is 71.8 Å². The Hall–Kier alpha value is -1.90. The molecule has 128 valence electrons. The van der Waals surface area contributed by atoms with Crippen molar-refractivity contribution in [3.8, 4) is 0 Å². The van der Waals surface area contributed by atoms with Crippen molar-refractivity contribution in [2.45, 2.75) is 51.0 Å². The van der Waals surface area contributed by atoms with Gasteiger partial charge in [0.1, 0.15) is 17.6 Å². The maximum Gasteiger partial charge on any atom is 0.398 e. The molecule has 1 amide bonds. The molecular formula is C14H20F3N5O. The first-order valence-corrected chi connectivity index (χ1v) is 7.45. The van der Waals surface area contributed by atoms with E-state index in [2.05, 4.69) is 27.4 Å². The van der Waals surface area contributed by atoms with Gasteiger partial charge in [-0.05, 0) is 19.8 Å². The van der Waals surface area contributed by atoms with Crippen LogP contribution in [0.2, 0.25) is 0 Å². The molecule has 23 heavy (non-hydrogen) atoms. The van der Waals surface area contributed by atoms with E-state index < -0.39 is 18.1 Å². The summed E-state index contributed by atoms with van der Waals surface area (Å²) in [6.45, 7) is 6.18. The Morgan fingerprint density at radius 2 is 2.26 bits per heavy atom. The average molecular weight is 331 g/mol. The number of carbonyl (C=O) groups is 1. The minimum absolute atomic E-state index is 0.0371. The van der Waals surface area contributed by atoms with Gasteiger partial charge in [0.2, 0.25) is 5.91 Å². The van der Waals surface area contributed by atoms with Crippen LogP contribution in [0.1, 0.15) is 37.3 Å². The summed E-state index contributed by atoms with van der Waals surface area (Å²) in [4.78, 5) is 11.7. The maximum atomic E-state index is 13.0. The van der Waals surface area contributed by atoms with E-state index in [4.69, 9.17) is 0 Å². The zero-order valence-corrected chi connectivity index (χ0v) is 12.9. The van der Waals surface area contributed by atoms with Crippen molar-refractivity contribution < 1.29 is 18.0 Å². The summed E-state index contributed by atoms with van der Waals surface area (Å²) in [7, 11) is 0. The van der Waals surface area contributed by atoms with Gasteiger partial charge >= 0.3 is 6.18 Å². The van der Waals surface area contributed by atoms with Gasteiger partial charge in [0.05, 0.1) is 12.6 Å². The number of rotatable bonds is 6. The first-order chi connectivity index (χ1) is 10.8. The van der Waals surface area contributed by atoms with Crippen LogP contribution in [0.15, 0.2) is 12.7 Å². The molecule has 0 fully saturated rings. The van der Waals surface area contributed by atoms with E-state index >= 15 is 0 Å². The second-order valence-electron chi connectivity index (χ2n) is 5.50. The van der Waals surface area contributed by atoms with Gasteiger partial charge in [-0.2, -0.15) is 13.2 Å². The number of nitrogens with zero attached hydrogens (tertiary/aromatic N) is 3. The standard InChI is InChI=1S/C14H20F3N5O/c1-3-6-18-13(23)9(2)19-8-11-20-21-12-10(14(15,16)17)5-4-7-22(11)12/h3,9-10,19H,1,4-8H2,2H3,(H,18,23)/t9-,10-/m1/s1. The quantitative estimate of drug-likeness (QED) is 0.775. The summed E-state index contributed by atoms with van der Waals surface area (Å²) < 4.78 is 40.5. The molecule has 1 aromatic rings. The Morgan fingerprint density at radius 1 is 1.52 bits per heavy atom. The minimum atomic E-state index is -4.31. The molecule has 1 aliphatic rings. The lowest BCUT2D eigenvalue weighted by atomic mass is 9.98. The first-order valence-electron chi connectivity index (χ1n) is 7.45.